The van der Waals surface area contributed by atoms with Gasteiger partial charge in [-0.15, -0.1) is 0 Å². The SMILES string of the molecule is COc1ccc(OC)c(CNC(=O)Cn2c(-c3cccc(C)c3)n[nH]c2=S)c1. The number of aromatic amines is 1. The molecule has 2 N–H and O–H groups in total. The monoisotopic (exact) mass is 398 g/mol. The van der Waals surface area contributed by atoms with Crippen LogP contribution < -0.4 is 14.8 Å². The molecule has 28 heavy (non-hydrogen) atoms. The fourth-order valence-corrected chi connectivity index (χ4v) is 3.08. The van der Waals surface area contributed by atoms with Crippen LogP contribution >= 0.6 is 12.2 Å². The smallest absolute Gasteiger partial charge is 0.240 e. The zero-order valence-corrected chi connectivity index (χ0v) is 16.8. The molecule has 0 aliphatic carbocycles. The highest BCUT2D eigenvalue weighted by Gasteiger charge is 2.13. The maximum Gasteiger partial charge on any atom is 0.240 e. The van der Waals surface area contributed by atoms with E-state index in [1.54, 1.807) is 18.8 Å². The minimum atomic E-state index is -0.184. The molecule has 0 radical (unpaired) electrons. The first kappa shape index (κ1) is 19.6. The molecule has 7 nitrogen and oxygen atoms in total. The number of amides is 1. The molecule has 0 spiro atoms. The van der Waals surface area contributed by atoms with Crippen molar-refractivity contribution in [1.29, 1.82) is 0 Å². The van der Waals surface area contributed by atoms with Crippen LogP contribution in [0, 0.1) is 11.7 Å². The molecule has 1 heterocycles. The summed E-state index contributed by atoms with van der Waals surface area (Å²) in [6.45, 7) is 2.37. The van der Waals surface area contributed by atoms with Crippen molar-refractivity contribution in [1.82, 2.24) is 20.1 Å². The molecule has 1 aromatic heterocycles. The molecular formula is C20H22N4O3S. The Labute approximate surface area is 168 Å². The van der Waals surface area contributed by atoms with E-state index >= 15 is 0 Å². The summed E-state index contributed by atoms with van der Waals surface area (Å²) in [5.41, 5.74) is 2.83. The summed E-state index contributed by atoms with van der Waals surface area (Å²) in [5, 5.41) is 9.94. The third-order valence-corrected chi connectivity index (χ3v) is 4.61. The molecule has 3 rings (SSSR count). The molecule has 0 saturated heterocycles. The molecule has 0 atom stereocenters. The van der Waals surface area contributed by atoms with Crippen LogP contribution in [-0.4, -0.2) is 34.9 Å². The Bertz CT molecular complexity index is 1040. The number of methoxy groups -OCH3 is 2. The van der Waals surface area contributed by atoms with Crippen molar-refractivity contribution >= 4 is 18.1 Å². The zero-order valence-electron chi connectivity index (χ0n) is 16.0. The molecule has 0 unspecified atom stereocenters. The summed E-state index contributed by atoms with van der Waals surface area (Å²) in [4.78, 5) is 12.5. The number of H-pyrrole nitrogens is 1. The number of nitrogens with one attached hydrogen (secondary N) is 2. The summed E-state index contributed by atoms with van der Waals surface area (Å²) >= 11 is 5.30. The van der Waals surface area contributed by atoms with Gasteiger partial charge >= 0.3 is 0 Å². The first-order chi connectivity index (χ1) is 13.5. The molecule has 3 aromatic rings. The van der Waals surface area contributed by atoms with Crippen molar-refractivity contribution in [3.63, 3.8) is 0 Å². The van der Waals surface area contributed by atoms with E-state index < -0.39 is 0 Å². The number of ether oxygens (including phenoxy) is 2. The summed E-state index contributed by atoms with van der Waals surface area (Å²) in [7, 11) is 3.18. The lowest BCUT2D eigenvalue weighted by Gasteiger charge is -2.12. The van der Waals surface area contributed by atoms with Gasteiger partial charge in [0.25, 0.3) is 0 Å². The van der Waals surface area contributed by atoms with Gasteiger partial charge in [-0.25, -0.2) is 0 Å². The maximum atomic E-state index is 12.5. The number of nitrogens with zero attached hydrogens (tertiary/aromatic N) is 2. The molecule has 8 heteroatoms. The summed E-state index contributed by atoms with van der Waals surface area (Å²) in [6, 6.07) is 13.3. The van der Waals surface area contributed by atoms with E-state index in [2.05, 4.69) is 15.5 Å². The Morgan fingerprint density at radius 2 is 2.04 bits per heavy atom. The first-order valence-electron chi connectivity index (χ1n) is 8.71. The fraction of sp³-hybridized carbons (Fsp3) is 0.250. The number of aromatic nitrogens is 3. The van der Waals surface area contributed by atoms with Crippen LogP contribution in [0.15, 0.2) is 42.5 Å². The van der Waals surface area contributed by atoms with Gasteiger partial charge in [-0.1, -0.05) is 23.8 Å². The van der Waals surface area contributed by atoms with Crippen molar-refractivity contribution in [2.24, 2.45) is 0 Å². The first-order valence-corrected chi connectivity index (χ1v) is 9.12. The highest BCUT2D eigenvalue weighted by atomic mass is 32.1. The van der Waals surface area contributed by atoms with Gasteiger partial charge in [0.05, 0.1) is 14.2 Å². The van der Waals surface area contributed by atoms with Crippen LogP contribution in [0.25, 0.3) is 11.4 Å². The van der Waals surface area contributed by atoms with E-state index in [1.807, 2.05) is 49.4 Å². The lowest BCUT2D eigenvalue weighted by molar-refractivity contribution is -0.121. The fourth-order valence-electron chi connectivity index (χ4n) is 2.88. The van der Waals surface area contributed by atoms with Crippen LogP contribution in [-0.2, 0) is 17.9 Å². The predicted molar refractivity (Wildman–Crippen MR) is 109 cm³/mol. The third-order valence-electron chi connectivity index (χ3n) is 4.30. The van der Waals surface area contributed by atoms with Gasteiger partial charge in [-0.05, 0) is 43.4 Å². The highest BCUT2D eigenvalue weighted by Crippen LogP contribution is 2.24. The number of carbonyl (C=O) groups excluding carboxylic acids is 1. The number of aryl methyl sites for hydroxylation is 1. The van der Waals surface area contributed by atoms with E-state index in [-0.39, 0.29) is 12.5 Å². The topological polar surface area (TPSA) is 81.2 Å². The van der Waals surface area contributed by atoms with Gasteiger partial charge in [-0.2, -0.15) is 5.10 Å². The van der Waals surface area contributed by atoms with E-state index in [0.29, 0.717) is 28.6 Å². The van der Waals surface area contributed by atoms with Gasteiger partial charge in [0, 0.05) is 17.7 Å². The number of carbonyl (C=O) groups is 1. The number of benzene rings is 2. The Kier molecular flexibility index (Phi) is 6.10. The third kappa shape index (κ3) is 4.40. The number of rotatable bonds is 7. The largest absolute Gasteiger partial charge is 0.497 e. The van der Waals surface area contributed by atoms with Crippen molar-refractivity contribution in [3.05, 3.63) is 58.4 Å². The lowest BCUT2D eigenvalue weighted by Crippen LogP contribution is -2.27. The van der Waals surface area contributed by atoms with Crippen molar-refractivity contribution in [3.8, 4) is 22.9 Å². The van der Waals surface area contributed by atoms with Crippen LogP contribution in [0.1, 0.15) is 11.1 Å². The molecular weight excluding hydrogens is 376 g/mol. The quantitative estimate of drug-likeness (QED) is 0.597. The molecule has 0 fully saturated rings. The Balaban J connectivity index is 1.75. The summed E-state index contributed by atoms with van der Waals surface area (Å²) in [5.74, 6) is 1.82. The van der Waals surface area contributed by atoms with Crippen LogP contribution in [0.3, 0.4) is 0 Å². The minimum Gasteiger partial charge on any atom is -0.497 e. The minimum absolute atomic E-state index is 0.0604. The molecule has 0 bridgehead atoms. The average molecular weight is 398 g/mol. The van der Waals surface area contributed by atoms with Crippen molar-refractivity contribution in [2.75, 3.05) is 14.2 Å². The molecule has 0 aliphatic rings. The van der Waals surface area contributed by atoms with Crippen LogP contribution in [0.5, 0.6) is 11.5 Å². The van der Waals surface area contributed by atoms with Crippen LogP contribution in [0.2, 0.25) is 0 Å². The summed E-state index contributed by atoms with van der Waals surface area (Å²) < 4.78 is 12.7. The maximum absolute atomic E-state index is 12.5. The van der Waals surface area contributed by atoms with Gasteiger partial charge in [0.15, 0.2) is 10.6 Å². The van der Waals surface area contributed by atoms with Crippen molar-refractivity contribution in [2.45, 2.75) is 20.0 Å². The Hall–Kier alpha value is -3.13. The van der Waals surface area contributed by atoms with Crippen LogP contribution in [0.4, 0.5) is 0 Å². The second kappa shape index (κ2) is 8.71. The van der Waals surface area contributed by atoms with E-state index in [0.717, 1.165) is 16.7 Å². The molecule has 2 aromatic carbocycles. The number of hydrogen-bond donors (Lipinski definition) is 2. The lowest BCUT2D eigenvalue weighted by atomic mass is 10.1. The number of hydrogen-bond acceptors (Lipinski definition) is 5. The molecule has 1 amide bonds. The summed E-state index contributed by atoms with van der Waals surface area (Å²) in [6.07, 6.45) is 0. The second-order valence-corrected chi connectivity index (χ2v) is 6.65. The Morgan fingerprint density at radius 3 is 2.75 bits per heavy atom. The van der Waals surface area contributed by atoms with E-state index in [4.69, 9.17) is 21.7 Å². The van der Waals surface area contributed by atoms with Gasteiger partial charge in [-0.3, -0.25) is 14.5 Å². The average Bonchev–Trinajstić information content (AvgIpc) is 3.06. The Morgan fingerprint density at radius 1 is 1.21 bits per heavy atom. The molecule has 0 saturated carbocycles. The normalized spacial score (nSPS) is 10.5. The molecule has 146 valence electrons. The van der Waals surface area contributed by atoms with Crippen molar-refractivity contribution < 1.29 is 14.3 Å². The van der Waals surface area contributed by atoms with Gasteiger partial charge in [0.1, 0.15) is 18.0 Å². The standard InChI is InChI=1S/C20H22N4O3S/c1-13-5-4-6-14(9-13)19-22-23-20(28)24(19)12-18(25)21-11-15-10-16(26-2)7-8-17(15)27-3/h4-10H,11-12H2,1-3H3,(H,21,25)(H,23,28). The second-order valence-electron chi connectivity index (χ2n) is 6.26. The van der Waals surface area contributed by atoms with Gasteiger partial charge in [0.2, 0.25) is 5.91 Å². The van der Waals surface area contributed by atoms with Gasteiger partial charge < -0.3 is 14.8 Å². The van der Waals surface area contributed by atoms with E-state index in [9.17, 15) is 4.79 Å². The highest BCUT2D eigenvalue weighted by molar-refractivity contribution is 7.71. The predicted octanol–water partition coefficient (Wildman–Crippen LogP) is 3.25. The van der Waals surface area contributed by atoms with E-state index in [1.165, 1.54) is 0 Å². The zero-order chi connectivity index (χ0) is 20.1. The molecule has 0 aliphatic heterocycles.